The van der Waals surface area contributed by atoms with Crippen LogP contribution in [0.3, 0.4) is 0 Å². The Morgan fingerprint density at radius 1 is 1.46 bits per heavy atom. The Bertz CT molecular complexity index is 727. The third kappa shape index (κ3) is 4.46. The summed E-state index contributed by atoms with van der Waals surface area (Å²) in [6, 6.07) is -0.133. The molecule has 0 bridgehead atoms. The van der Waals surface area contributed by atoms with Gasteiger partial charge in [-0.25, -0.2) is 10.0 Å². The van der Waals surface area contributed by atoms with Crippen LogP contribution in [-0.2, 0) is 20.8 Å². The molecule has 154 valence electrons. The van der Waals surface area contributed by atoms with E-state index in [-0.39, 0.29) is 30.2 Å². The highest BCUT2D eigenvalue weighted by Gasteiger charge is 2.37. The van der Waals surface area contributed by atoms with E-state index >= 15 is 0 Å². The monoisotopic (exact) mass is 389 g/mol. The number of hydrogen-bond donors (Lipinski definition) is 0. The van der Waals surface area contributed by atoms with E-state index in [9.17, 15) is 9.59 Å². The molecule has 7 nitrogen and oxygen atoms in total. The first-order valence-corrected chi connectivity index (χ1v) is 10.3. The number of hydroxylamine groups is 2. The van der Waals surface area contributed by atoms with Crippen molar-refractivity contribution in [2.24, 2.45) is 5.92 Å². The highest BCUT2D eigenvalue weighted by molar-refractivity contribution is 5.85. The van der Waals surface area contributed by atoms with Crippen molar-refractivity contribution in [1.29, 1.82) is 0 Å². The van der Waals surface area contributed by atoms with Gasteiger partial charge in [0.1, 0.15) is 17.5 Å². The fourth-order valence-electron chi connectivity index (χ4n) is 3.97. The van der Waals surface area contributed by atoms with Crippen LogP contribution >= 0.6 is 0 Å². The highest BCUT2D eigenvalue weighted by atomic mass is 16.7. The number of likely N-dealkylation sites (tertiary alicyclic amines) is 1. The van der Waals surface area contributed by atoms with Gasteiger partial charge in [0.05, 0.1) is 7.11 Å². The molecule has 0 radical (unpaired) electrons. The van der Waals surface area contributed by atoms with E-state index in [1.54, 1.807) is 7.05 Å². The lowest BCUT2D eigenvalue weighted by atomic mass is 9.96. The fourth-order valence-corrected chi connectivity index (χ4v) is 3.97. The number of amides is 2. The molecule has 28 heavy (non-hydrogen) atoms. The van der Waals surface area contributed by atoms with Gasteiger partial charge in [-0.3, -0.25) is 14.4 Å². The predicted molar refractivity (Wildman–Crippen MR) is 105 cm³/mol. The molecule has 0 saturated carbocycles. The standard InChI is InChI=1S/C21H31N3O4/c1-4-5-9-15(14-19(25)23(2)27-3)21(26)24-13-8-11-17(24)20-22-16-10-6-7-12-18(16)28-20/h6,10,15,17H,4-5,7-9,11-14H2,1-3H3. The molecule has 1 fully saturated rings. The number of carbonyl (C=O) groups excluding carboxylic acids is 2. The van der Waals surface area contributed by atoms with Gasteiger partial charge in [-0.05, 0) is 31.8 Å². The molecule has 1 aromatic heterocycles. The van der Waals surface area contributed by atoms with Crippen LogP contribution in [0.1, 0.15) is 75.3 Å². The molecule has 0 aromatic carbocycles. The Hall–Kier alpha value is -2.15. The number of oxazole rings is 1. The molecule has 1 aliphatic carbocycles. The molecular weight excluding hydrogens is 358 g/mol. The number of aromatic nitrogens is 1. The van der Waals surface area contributed by atoms with Crippen LogP contribution in [0.5, 0.6) is 0 Å². The Morgan fingerprint density at radius 3 is 3.00 bits per heavy atom. The second-order valence-corrected chi connectivity index (χ2v) is 7.61. The summed E-state index contributed by atoms with van der Waals surface area (Å²) in [4.78, 5) is 37.2. The molecular formula is C21H31N3O4. The molecule has 2 unspecified atom stereocenters. The summed E-state index contributed by atoms with van der Waals surface area (Å²) in [6.07, 6.45) is 10.5. The van der Waals surface area contributed by atoms with E-state index in [0.29, 0.717) is 18.9 Å². The number of aryl methyl sites for hydroxylation is 1. The van der Waals surface area contributed by atoms with Crippen molar-refractivity contribution < 1.29 is 18.8 Å². The van der Waals surface area contributed by atoms with Crippen molar-refractivity contribution in [3.63, 3.8) is 0 Å². The van der Waals surface area contributed by atoms with E-state index in [0.717, 1.165) is 50.0 Å². The van der Waals surface area contributed by atoms with E-state index < -0.39 is 0 Å². The third-order valence-corrected chi connectivity index (χ3v) is 5.68. The third-order valence-electron chi connectivity index (χ3n) is 5.68. The largest absolute Gasteiger partial charge is 0.443 e. The van der Waals surface area contributed by atoms with Gasteiger partial charge in [0, 0.05) is 32.4 Å². The molecule has 2 aliphatic rings. The molecule has 1 aliphatic heterocycles. The molecule has 2 heterocycles. The lowest BCUT2D eigenvalue weighted by Crippen LogP contribution is -2.38. The summed E-state index contributed by atoms with van der Waals surface area (Å²) in [7, 11) is 3.03. The van der Waals surface area contributed by atoms with Crippen molar-refractivity contribution in [3.8, 4) is 0 Å². The number of hydrogen-bond acceptors (Lipinski definition) is 5. The number of nitrogens with zero attached hydrogens (tertiary/aromatic N) is 3. The van der Waals surface area contributed by atoms with Crippen molar-refractivity contribution in [2.45, 2.75) is 64.3 Å². The Balaban J connectivity index is 1.75. The van der Waals surface area contributed by atoms with Crippen LogP contribution in [0, 0.1) is 5.92 Å². The van der Waals surface area contributed by atoms with Gasteiger partial charge < -0.3 is 9.32 Å². The van der Waals surface area contributed by atoms with Crippen molar-refractivity contribution in [3.05, 3.63) is 23.4 Å². The van der Waals surface area contributed by atoms with Gasteiger partial charge in [0.15, 0.2) is 0 Å². The number of allylic oxidation sites excluding steroid dienone is 1. The van der Waals surface area contributed by atoms with Gasteiger partial charge in [-0.1, -0.05) is 25.8 Å². The average Bonchev–Trinajstić information content (AvgIpc) is 3.36. The zero-order valence-electron chi connectivity index (χ0n) is 17.1. The minimum absolute atomic E-state index is 0.0283. The summed E-state index contributed by atoms with van der Waals surface area (Å²) in [5.74, 6) is 1.06. The van der Waals surface area contributed by atoms with Gasteiger partial charge in [0.2, 0.25) is 17.7 Å². The van der Waals surface area contributed by atoms with Gasteiger partial charge >= 0.3 is 0 Å². The summed E-state index contributed by atoms with van der Waals surface area (Å²) in [6.45, 7) is 2.78. The molecule has 0 spiro atoms. The quantitative estimate of drug-likeness (QED) is 0.636. The minimum atomic E-state index is -0.338. The first kappa shape index (κ1) is 20.6. The van der Waals surface area contributed by atoms with E-state index in [1.807, 2.05) is 11.0 Å². The summed E-state index contributed by atoms with van der Waals surface area (Å²) < 4.78 is 6.02. The van der Waals surface area contributed by atoms with Crippen LogP contribution in [0.25, 0.3) is 6.08 Å². The number of fused-ring (bicyclic) bond motifs is 1. The Morgan fingerprint density at radius 2 is 2.29 bits per heavy atom. The van der Waals surface area contributed by atoms with Crippen molar-refractivity contribution in [1.82, 2.24) is 14.9 Å². The van der Waals surface area contributed by atoms with Crippen LogP contribution in [0.2, 0.25) is 0 Å². The second kappa shape index (κ2) is 9.37. The minimum Gasteiger partial charge on any atom is -0.443 e. The van der Waals surface area contributed by atoms with Crippen molar-refractivity contribution in [2.75, 3.05) is 20.7 Å². The number of unbranched alkanes of at least 4 members (excludes halogenated alkanes) is 1. The smallest absolute Gasteiger partial charge is 0.246 e. The predicted octanol–water partition coefficient (Wildman–Crippen LogP) is 3.51. The van der Waals surface area contributed by atoms with Gasteiger partial charge in [0.25, 0.3) is 0 Å². The molecule has 1 saturated heterocycles. The Kier molecular flexibility index (Phi) is 6.88. The second-order valence-electron chi connectivity index (χ2n) is 7.61. The molecule has 7 heteroatoms. The first-order valence-electron chi connectivity index (χ1n) is 10.3. The Labute approximate surface area is 166 Å². The lowest BCUT2D eigenvalue weighted by molar-refractivity contribution is -0.171. The van der Waals surface area contributed by atoms with Gasteiger partial charge in [-0.15, -0.1) is 0 Å². The average molecular weight is 389 g/mol. The van der Waals surface area contributed by atoms with Crippen molar-refractivity contribution >= 4 is 17.9 Å². The zero-order chi connectivity index (χ0) is 20.1. The highest BCUT2D eigenvalue weighted by Crippen LogP contribution is 2.35. The van der Waals surface area contributed by atoms with Crippen LogP contribution in [0.4, 0.5) is 0 Å². The number of carbonyl (C=O) groups is 2. The van der Waals surface area contributed by atoms with E-state index in [2.05, 4.69) is 18.0 Å². The summed E-state index contributed by atoms with van der Waals surface area (Å²) in [5, 5.41) is 1.20. The molecule has 1 aromatic rings. The lowest BCUT2D eigenvalue weighted by Gasteiger charge is -2.28. The summed E-state index contributed by atoms with van der Waals surface area (Å²) >= 11 is 0. The van der Waals surface area contributed by atoms with Crippen LogP contribution < -0.4 is 0 Å². The molecule has 2 amide bonds. The van der Waals surface area contributed by atoms with E-state index in [4.69, 9.17) is 9.25 Å². The van der Waals surface area contributed by atoms with E-state index in [1.165, 1.54) is 12.2 Å². The summed E-state index contributed by atoms with van der Waals surface area (Å²) in [5.41, 5.74) is 0.889. The molecule has 2 atom stereocenters. The maximum Gasteiger partial charge on any atom is 0.246 e. The SMILES string of the molecule is CCCCC(CC(=O)N(C)OC)C(=O)N1CCCC1c1nc2c(o1)CCC=C2. The zero-order valence-corrected chi connectivity index (χ0v) is 17.1. The first-order chi connectivity index (χ1) is 13.5. The maximum absolute atomic E-state index is 13.4. The normalized spacial score (nSPS) is 19.5. The van der Waals surface area contributed by atoms with Crippen LogP contribution in [0.15, 0.2) is 10.5 Å². The van der Waals surface area contributed by atoms with Gasteiger partial charge in [-0.2, -0.15) is 0 Å². The molecule has 3 rings (SSSR count). The number of rotatable bonds is 8. The fraction of sp³-hybridized carbons (Fsp3) is 0.667. The van der Waals surface area contributed by atoms with Crippen LogP contribution in [-0.4, -0.2) is 47.5 Å². The maximum atomic E-state index is 13.4. The molecule has 0 N–H and O–H groups in total. The topological polar surface area (TPSA) is 75.9 Å².